The van der Waals surface area contributed by atoms with Crippen molar-refractivity contribution in [3.05, 3.63) is 42.1 Å². The van der Waals surface area contributed by atoms with Crippen molar-refractivity contribution in [3.8, 4) is 0 Å². The molecule has 0 aliphatic heterocycles. The maximum absolute atomic E-state index is 12.1. The van der Waals surface area contributed by atoms with Gasteiger partial charge >= 0.3 is 5.97 Å². The van der Waals surface area contributed by atoms with Crippen LogP contribution in [-0.2, 0) is 14.3 Å². The topological polar surface area (TPSA) is 56.3 Å². The van der Waals surface area contributed by atoms with Gasteiger partial charge in [-0.15, -0.1) is 11.8 Å². The van der Waals surface area contributed by atoms with E-state index >= 15 is 0 Å². The first-order chi connectivity index (χ1) is 11.5. The fourth-order valence-electron chi connectivity index (χ4n) is 3.05. The molecule has 2 rings (SSSR count). The lowest BCUT2D eigenvalue weighted by Gasteiger charge is -2.32. The highest BCUT2D eigenvalue weighted by atomic mass is 32.2. The number of nitrogens with zero attached hydrogens (tertiary/aromatic N) is 1. The summed E-state index contributed by atoms with van der Waals surface area (Å²) in [5, 5.41) is 0.927. The van der Waals surface area contributed by atoms with Crippen LogP contribution in [-0.4, -0.2) is 29.6 Å². The van der Waals surface area contributed by atoms with Crippen molar-refractivity contribution in [3.63, 3.8) is 0 Å². The molecule has 0 saturated carbocycles. The summed E-state index contributed by atoms with van der Waals surface area (Å²) in [5.41, 5.74) is 1.78. The molecule has 24 heavy (non-hydrogen) atoms. The zero-order chi connectivity index (χ0) is 17.7. The van der Waals surface area contributed by atoms with E-state index in [4.69, 9.17) is 4.74 Å². The Bertz CT molecular complexity index is 651. The zero-order valence-corrected chi connectivity index (χ0v) is 15.1. The van der Waals surface area contributed by atoms with Crippen molar-refractivity contribution in [1.29, 1.82) is 0 Å². The Hall–Kier alpha value is -1.88. The Morgan fingerprint density at radius 1 is 1.54 bits per heavy atom. The van der Waals surface area contributed by atoms with Crippen LogP contribution in [0.5, 0.6) is 0 Å². The number of thioether (sulfide) groups is 1. The van der Waals surface area contributed by atoms with E-state index in [0.29, 0.717) is 6.42 Å². The van der Waals surface area contributed by atoms with Crippen molar-refractivity contribution in [2.24, 2.45) is 17.8 Å². The fraction of sp³-hybridized carbons (Fsp3) is 0.421. The van der Waals surface area contributed by atoms with Gasteiger partial charge < -0.3 is 4.74 Å². The number of allylic oxidation sites excluding steroid dienone is 1. The van der Waals surface area contributed by atoms with E-state index < -0.39 is 0 Å². The molecule has 1 aromatic rings. The van der Waals surface area contributed by atoms with Gasteiger partial charge in [0.2, 0.25) is 0 Å². The maximum Gasteiger partial charge on any atom is 0.313 e. The van der Waals surface area contributed by atoms with Gasteiger partial charge in [0.15, 0.2) is 5.78 Å². The summed E-state index contributed by atoms with van der Waals surface area (Å²) < 4.78 is 4.94. The molecule has 0 aromatic carbocycles. The van der Waals surface area contributed by atoms with Crippen molar-refractivity contribution < 1.29 is 14.3 Å². The molecule has 1 aromatic heterocycles. The van der Waals surface area contributed by atoms with Crippen LogP contribution in [0.1, 0.15) is 25.8 Å². The van der Waals surface area contributed by atoms with Crippen LogP contribution in [0, 0.1) is 17.8 Å². The van der Waals surface area contributed by atoms with E-state index in [1.165, 1.54) is 7.11 Å². The smallest absolute Gasteiger partial charge is 0.313 e. The van der Waals surface area contributed by atoms with Gasteiger partial charge in [-0.1, -0.05) is 31.2 Å². The lowest BCUT2D eigenvalue weighted by Crippen LogP contribution is -2.35. The number of ether oxygens (including phenoxy) is 1. The first-order valence-electron chi connectivity index (χ1n) is 7.96. The minimum absolute atomic E-state index is 0.0325. The lowest BCUT2D eigenvalue weighted by atomic mass is 9.73. The van der Waals surface area contributed by atoms with Gasteiger partial charge in [-0.25, -0.2) is 4.98 Å². The second-order valence-corrected chi connectivity index (χ2v) is 7.19. The van der Waals surface area contributed by atoms with Crippen LogP contribution in [0.15, 0.2) is 41.6 Å². The highest BCUT2D eigenvalue weighted by Crippen LogP contribution is 2.37. The summed E-state index contributed by atoms with van der Waals surface area (Å²) in [7, 11) is 1.40. The molecule has 128 valence electrons. The zero-order valence-electron chi connectivity index (χ0n) is 14.3. The number of hydrogen-bond donors (Lipinski definition) is 0. The summed E-state index contributed by atoms with van der Waals surface area (Å²) in [6.07, 6.45) is 5.51. The van der Waals surface area contributed by atoms with E-state index in [9.17, 15) is 9.59 Å². The molecule has 4 nitrogen and oxygen atoms in total. The number of carbonyl (C=O) groups excluding carboxylic acids is 2. The normalized spacial score (nSPS) is 21.8. The van der Waals surface area contributed by atoms with Crippen molar-refractivity contribution >= 4 is 29.6 Å². The Morgan fingerprint density at radius 3 is 2.88 bits per heavy atom. The second kappa shape index (κ2) is 8.29. The standard InChI is InChI=1S/C19H23NO3S/c1-5-14-6-7-17(20-10-14)24-11-13(3)16-9-15(21)8-12(2)18(16)19(22)23-4/h5-8,10,13,16,18H,1,9,11H2,2-4H3. The molecule has 0 amide bonds. The van der Waals surface area contributed by atoms with Crippen LogP contribution in [0.4, 0.5) is 0 Å². The third-order valence-electron chi connectivity index (χ3n) is 4.42. The molecule has 3 atom stereocenters. The molecule has 0 radical (unpaired) electrons. The molecule has 0 N–H and O–H groups in total. The van der Waals surface area contributed by atoms with Crippen LogP contribution < -0.4 is 0 Å². The minimum Gasteiger partial charge on any atom is -0.469 e. The predicted octanol–water partition coefficient (Wildman–Crippen LogP) is 3.78. The lowest BCUT2D eigenvalue weighted by molar-refractivity contribution is -0.147. The highest BCUT2D eigenvalue weighted by Gasteiger charge is 2.38. The van der Waals surface area contributed by atoms with Crippen molar-refractivity contribution in [2.75, 3.05) is 12.9 Å². The van der Waals surface area contributed by atoms with Gasteiger partial charge in [-0.05, 0) is 36.5 Å². The molecule has 0 spiro atoms. The van der Waals surface area contributed by atoms with Gasteiger partial charge in [0.05, 0.1) is 18.1 Å². The van der Waals surface area contributed by atoms with Gasteiger partial charge in [-0.3, -0.25) is 9.59 Å². The second-order valence-electron chi connectivity index (χ2n) is 6.15. The fourth-order valence-corrected chi connectivity index (χ4v) is 4.02. The van der Waals surface area contributed by atoms with Crippen LogP contribution in [0.2, 0.25) is 0 Å². The molecule has 0 bridgehead atoms. The number of ketones is 1. The number of pyridine rings is 1. The van der Waals surface area contributed by atoms with Gasteiger partial charge in [0.1, 0.15) is 0 Å². The molecule has 1 aliphatic carbocycles. The third-order valence-corrected chi connectivity index (χ3v) is 5.65. The number of carbonyl (C=O) groups is 2. The monoisotopic (exact) mass is 345 g/mol. The highest BCUT2D eigenvalue weighted by molar-refractivity contribution is 7.99. The summed E-state index contributed by atoms with van der Waals surface area (Å²) in [5.74, 6) is 0.440. The van der Waals surface area contributed by atoms with E-state index in [1.807, 2.05) is 19.1 Å². The van der Waals surface area contributed by atoms with Gasteiger partial charge in [0, 0.05) is 18.4 Å². The molecule has 0 fully saturated rings. The largest absolute Gasteiger partial charge is 0.469 e. The molecule has 1 aliphatic rings. The average Bonchev–Trinajstić information content (AvgIpc) is 2.58. The summed E-state index contributed by atoms with van der Waals surface area (Å²) in [6, 6.07) is 3.94. The summed E-state index contributed by atoms with van der Waals surface area (Å²) >= 11 is 1.64. The number of esters is 1. The first-order valence-corrected chi connectivity index (χ1v) is 8.95. The third kappa shape index (κ3) is 4.35. The maximum atomic E-state index is 12.1. The van der Waals surface area contributed by atoms with E-state index in [-0.39, 0.29) is 29.5 Å². The molecular weight excluding hydrogens is 322 g/mol. The van der Waals surface area contributed by atoms with Gasteiger partial charge in [0.25, 0.3) is 0 Å². The Balaban J connectivity index is 2.06. The Labute approximate surface area is 147 Å². The molecule has 5 heteroatoms. The molecule has 3 unspecified atom stereocenters. The summed E-state index contributed by atoms with van der Waals surface area (Å²) in [6.45, 7) is 7.63. The number of hydrogen-bond acceptors (Lipinski definition) is 5. The molecule has 0 saturated heterocycles. The first kappa shape index (κ1) is 18.5. The minimum atomic E-state index is -0.334. The van der Waals surface area contributed by atoms with Crippen molar-refractivity contribution in [2.45, 2.75) is 25.3 Å². The van der Waals surface area contributed by atoms with Crippen LogP contribution in [0.3, 0.4) is 0 Å². The average molecular weight is 345 g/mol. The SMILES string of the molecule is C=Cc1ccc(SCC(C)C2CC(=O)C=C(C)C2C(=O)OC)nc1. The number of methoxy groups -OCH3 is 1. The Morgan fingerprint density at radius 2 is 2.29 bits per heavy atom. The predicted molar refractivity (Wildman–Crippen MR) is 96.6 cm³/mol. The van der Waals surface area contributed by atoms with E-state index in [0.717, 1.165) is 21.9 Å². The Kier molecular flexibility index (Phi) is 6.37. The number of rotatable bonds is 6. The number of aromatic nitrogens is 1. The van der Waals surface area contributed by atoms with Crippen molar-refractivity contribution in [1.82, 2.24) is 4.98 Å². The summed E-state index contributed by atoms with van der Waals surface area (Å²) in [4.78, 5) is 28.5. The molecule has 1 heterocycles. The van der Waals surface area contributed by atoms with E-state index in [2.05, 4.69) is 18.5 Å². The van der Waals surface area contributed by atoms with E-state index in [1.54, 1.807) is 30.1 Å². The molecular formula is C19H23NO3S. The van der Waals surface area contributed by atoms with Crippen LogP contribution >= 0.6 is 11.8 Å². The van der Waals surface area contributed by atoms with Gasteiger partial charge in [-0.2, -0.15) is 0 Å². The quantitative estimate of drug-likeness (QED) is 0.580. The van der Waals surface area contributed by atoms with Crippen LogP contribution in [0.25, 0.3) is 6.08 Å².